The Kier molecular flexibility index (Phi) is 5.28. The molecule has 0 spiro atoms. The fourth-order valence-corrected chi connectivity index (χ4v) is 5.17. The van der Waals surface area contributed by atoms with E-state index in [9.17, 15) is 14.0 Å². The minimum absolute atomic E-state index is 0.115. The molecule has 178 valence electrons. The standard InChI is InChI=1S/C25H24FN7O2/c26-18-3-4-21-16(12-18)5-11-32(21)24(34)20-13-22(29-15-28-20)31-9-6-19(7-10-31)33-14-17-2-1-8-27-23(17)30-25(33)35/h1-4,8,12-13,15,19H,5-7,9-11,14H2,(H,27,30,35). The van der Waals surface area contributed by atoms with Gasteiger partial charge in [-0.05, 0) is 49.1 Å². The predicted octanol–water partition coefficient (Wildman–Crippen LogP) is 3.23. The van der Waals surface area contributed by atoms with Crippen LogP contribution in [0.5, 0.6) is 0 Å². The second-order valence-corrected chi connectivity index (χ2v) is 9.03. The Balaban J connectivity index is 1.13. The van der Waals surface area contributed by atoms with E-state index in [0.29, 0.717) is 49.9 Å². The van der Waals surface area contributed by atoms with Crippen molar-refractivity contribution in [3.05, 3.63) is 71.6 Å². The van der Waals surface area contributed by atoms with E-state index in [1.165, 1.54) is 18.5 Å². The lowest BCUT2D eigenvalue weighted by Gasteiger charge is -2.40. The Hall–Kier alpha value is -4.08. The van der Waals surface area contributed by atoms with E-state index in [2.05, 4.69) is 25.2 Å². The molecule has 3 aliphatic rings. The van der Waals surface area contributed by atoms with E-state index in [1.807, 2.05) is 17.0 Å². The number of fused-ring (bicyclic) bond motifs is 2. The van der Waals surface area contributed by atoms with Crippen molar-refractivity contribution in [2.24, 2.45) is 0 Å². The summed E-state index contributed by atoms with van der Waals surface area (Å²) in [4.78, 5) is 44.3. The molecule has 0 aliphatic carbocycles. The van der Waals surface area contributed by atoms with Crippen LogP contribution in [0.25, 0.3) is 0 Å². The highest BCUT2D eigenvalue weighted by Gasteiger charge is 2.33. The molecule has 0 radical (unpaired) electrons. The maximum absolute atomic E-state index is 13.5. The van der Waals surface area contributed by atoms with Gasteiger partial charge in [0.25, 0.3) is 5.91 Å². The van der Waals surface area contributed by atoms with Gasteiger partial charge in [-0.2, -0.15) is 0 Å². The Morgan fingerprint density at radius 1 is 1.03 bits per heavy atom. The van der Waals surface area contributed by atoms with Gasteiger partial charge in [0, 0.05) is 49.2 Å². The van der Waals surface area contributed by atoms with Crippen molar-refractivity contribution in [2.45, 2.75) is 31.8 Å². The molecule has 0 saturated carbocycles. The maximum atomic E-state index is 13.5. The smallest absolute Gasteiger partial charge is 0.323 e. The summed E-state index contributed by atoms with van der Waals surface area (Å²) in [5.74, 6) is 0.813. The molecular formula is C25H24FN7O2. The number of carbonyl (C=O) groups is 2. The van der Waals surface area contributed by atoms with Gasteiger partial charge in [0.2, 0.25) is 0 Å². The minimum atomic E-state index is -0.298. The summed E-state index contributed by atoms with van der Waals surface area (Å²) in [6.45, 7) is 2.47. The molecule has 10 heteroatoms. The van der Waals surface area contributed by atoms with Crippen molar-refractivity contribution in [1.29, 1.82) is 0 Å². The summed E-state index contributed by atoms with van der Waals surface area (Å²) >= 11 is 0. The molecule has 5 heterocycles. The van der Waals surface area contributed by atoms with Crippen LogP contribution in [0, 0.1) is 5.82 Å². The molecule has 2 aromatic heterocycles. The van der Waals surface area contributed by atoms with Gasteiger partial charge in [0.15, 0.2) is 0 Å². The summed E-state index contributed by atoms with van der Waals surface area (Å²) < 4.78 is 13.5. The Morgan fingerprint density at radius 3 is 2.74 bits per heavy atom. The topological polar surface area (TPSA) is 94.6 Å². The lowest BCUT2D eigenvalue weighted by atomic mass is 10.0. The highest BCUT2D eigenvalue weighted by molar-refractivity contribution is 6.06. The molecule has 0 unspecified atom stereocenters. The molecule has 6 rings (SSSR count). The largest absolute Gasteiger partial charge is 0.356 e. The third-order valence-corrected chi connectivity index (χ3v) is 7.00. The predicted molar refractivity (Wildman–Crippen MR) is 128 cm³/mol. The van der Waals surface area contributed by atoms with Crippen LogP contribution in [-0.4, -0.2) is 57.5 Å². The van der Waals surface area contributed by atoms with Crippen LogP contribution in [-0.2, 0) is 13.0 Å². The van der Waals surface area contributed by atoms with Gasteiger partial charge < -0.3 is 14.7 Å². The average Bonchev–Trinajstić information content (AvgIpc) is 3.31. The first-order chi connectivity index (χ1) is 17.1. The van der Waals surface area contributed by atoms with Gasteiger partial charge in [-0.25, -0.2) is 24.1 Å². The Labute approximate surface area is 201 Å². The first-order valence-corrected chi connectivity index (χ1v) is 11.8. The van der Waals surface area contributed by atoms with Gasteiger partial charge in [-0.3, -0.25) is 10.1 Å². The first-order valence-electron chi connectivity index (χ1n) is 11.8. The van der Waals surface area contributed by atoms with Gasteiger partial charge >= 0.3 is 6.03 Å². The van der Waals surface area contributed by atoms with E-state index in [4.69, 9.17) is 0 Å². The molecule has 3 aliphatic heterocycles. The van der Waals surface area contributed by atoms with Gasteiger partial charge in [0.05, 0.1) is 6.54 Å². The summed E-state index contributed by atoms with van der Waals surface area (Å²) in [7, 11) is 0. The molecule has 1 saturated heterocycles. The van der Waals surface area contributed by atoms with Crippen LogP contribution in [0.4, 0.5) is 26.5 Å². The summed E-state index contributed by atoms with van der Waals surface area (Å²) in [5.41, 5.74) is 2.89. The third-order valence-electron chi connectivity index (χ3n) is 7.00. The van der Waals surface area contributed by atoms with E-state index >= 15 is 0 Å². The monoisotopic (exact) mass is 473 g/mol. The zero-order valence-corrected chi connectivity index (χ0v) is 19.0. The molecule has 0 bridgehead atoms. The van der Waals surface area contributed by atoms with Crippen molar-refractivity contribution >= 4 is 29.3 Å². The number of halogens is 1. The van der Waals surface area contributed by atoms with Crippen LogP contribution in [0.3, 0.4) is 0 Å². The molecule has 1 aromatic carbocycles. The molecule has 1 fully saturated rings. The minimum Gasteiger partial charge on any atom is -0.356 e. The Bertz CT molecular complexity index is 1310. The highest BCUT2D eigenvalue weighted by Crippen LogP contribution is 2.31. The fraction of sp³-hybridized carbons (Fsp3) is 0.320. The van der Waals surface area contributed by atoms with Crippen LogP contribution in [0.1, 0.15) is 34.5 Å². The third kappa shape index (κ3) is 3.94. The molecular weight excluding hydrogens is 449 g/mol. The number of rotatable bonds is 3. The zero-order valence-electron chi connectivity index (χ0n) is 19.0. The van der Waals surface area contributed by atoms with Crippen LogP contribution < -0.4 is 15.1 Å². The number of urea groups is 1. The molecule has 9 nitrogen and oxygen atoms in total. The van der Waals surface area contributed by atoms with E-state index in [-0.39, 0.29) is 23.8 Å². The van der Waals surface area contributed by atoms with Crippen molar-refractivity contribution in [3.8, 4) is 0 Å². The summed E-state index contributed by atoms with van der Waals surface area (Å²) in [6, 6.07) is 10.1. The second kappa shape index (κ2) is 8.61. The van der Waals surface area contributed by atoms with Crippen LogP contribution in [0.15, 0.2) is 48.9 Å². The Morgan fingerprint density at radius 2 is 1.89 bits per heavy atom. The van der Waals surface area contributed by atoms with Crippen molar-refractivity contribution < 1.29 is 14.0 Å². The van der Waals surface area contributed by atoms with Gasteiger partial charge in [0.1, 0.15) is 29.5 Å². The van der Waals surface area contributed by atoms with Gasteiger partial charge in [-0.1, -0.05) is 6.07 Å². The number of amides is 3. The number of piperidine rings is 1. The normalized spacial score (nSPS) is 17.7. The number of aromatic nitrogens is 3. The van der Waals surface area contributed by atoms with Crippen molar-refractivity contribution in [1.82, 2.24) is 19.9 Å². The van der Waals surface area contributed by atoms with Crippen molar-refractivity contribution in [2.75, 3.05) is 34.8 Å². The lowest BCUT2D eigenvalue weighted by Crippen LogP contribution is -2.50. The average molecular weight is 474 g/mol. The van der Waals surface area contributed by atoms with E-state index in [0.717, 1.165) is 29.7 Å². The zero-order chi connectivity index (χ0) is 23.9. The van der Waals surface area contributed by atoms with Crippen LogP contribution >= 0.6 is 0 Å². The van der Waals surface area contributed by atoms with E-state index < -0.39 is 0 Å². The second-order valence-electron chi connectivity index (χ2n) is 9.03. The van der Waals surface area contributed by atoms with Crippen molar-refractivity contribution in [3.63, 3.8) is 0 Å². The fourth-order valence-electron chi connectivity index (χ4n) is 5.17. The number of hydrogen-bond acceptors (Lipinski definition) is 6. The van der Waals surface area contributed by atoms with E-state index in [1.54, 1.807) is 23.2 Å². The number of anilines is 3. The number of pyridine rings is 1. The molecule has 3 aromatic rings. The SMILES string of the molecule is O=C(c1cc(N2CCC(N3Cc4cccnc4NC3=O)CC2)ncn1)N1CCc2cc(F)ccc21. The maximum Gasteiger partial charge on any atom is 0.323 e. The number of nitrogens with one attached hydrogen (secondary N) is 1. The number of hydrogen-bond donors (Lipinski definition) is 1. The quantitative estimate of drug-likeness (QED) is 0.628. The number of nitrogens with zero attached hydrogens (tertiary/aromatic N) is 6. The molecule has 3 amide bonds. The number of benzene rings is 1. The summed E-state index contributed by atoms with van der Waals surface area (Å²) in [6.07, 6.45) is 5.30. The number of carbonyl (C=O) groups excluding carboxylic acids is 2. The molecule has 35 heavy (non-hydrogen) atoms. The van der Waals surface area contributed by atoms with Crippen LogP contribution in [0.2, 0.25) is 0 Å². The van der Waals surface area contributed by atoms with Gasteiger partial charge in [-0.15, -0.1) is 0 Å². The highest BCUT2D eigenvalue weighted by atomic mass is 19.1. The summed E-state index contributed by atoms with van der Waals surface area (Å²) in [5, 5.41) is 2.89. The first kappa shape index (κ1) is 21.5. The molecule has 1 N–H and O–H groups in total. The lowest BCUT2D eigenvalue weighted by molar-refractivity contribution is 0.0984. The molecule has 0 atom stereocenters.